The molecule has 0 atom stereocenters. The smallest absolute Gasteiger partial charge is 0.437 e. The van der Waals surface area contributed by atoms with Crippen molar-refractivity contribution in [1.82, 2.24) is 25.5 Å². The molecular weight excluding hydrogens is 910 g/mol. The maximum absolute atomic E-state index is 12.8. The van der Waals surface area contributed by atoms with E-state index in [1.165, 1.54) is 17.8 Å². The fourth-order valence-electron chi connectivity index (χ4n) is 6.31. The summed E-state index contributed by atoms with van der Waals surface area (Å²) >= 11 is 12.5. The molecule has 0 saturated heterocycles. The first kappa shape index (κ1) is 49.6. The van der Waals surface area contributed by atoms with Crippen LogP contribution in [0.2, 0.25) is 10.0 Å². The number of urea groups is 1. The Kier molecular flexibility index (Phi) is 17.1. The van der Waals surface area contributed by atoms with E-state index in [4.69, 9.17) is 37.1 Å². The van der Waals surface area contributed by atoms with E-state index >= 15 is 0 Å². The molecular formula is C51H49Cl2N7O8. The van der Waals surface area contributed by atoms with Gasteiger partial charge in [-0.15, -0.1) is 5.10 Å². The minimum Gasteiger partial charge on any atom is -0.489 e. The first-order valence-electron chi connectivity index (χ1n) is 21.4. The summed E-state index contributed by atoms with van der Waals surface area (Å²) in [6, 6.07) is 41.3. The molecule has 0 spiro atoms. The number of hydrazine groups is 1. The molecule has 0 aliphatic rings. The number of carbonyl (C=O) groups is 4. The fourth-order valence-corrected chi connectivity index (χ4v) is 6.76. The Hall–Kier alpha value is -7.88. The number of anilines is 2. The highest BCUT2D eigenvalue weighted by atomic mass is 35.5. The number of benzene rings is 6. The van der Waals surface area contributed by atoms with Crippen molar-refractivity contribution in [2.45, 2.75) is 53.0 Å². The van der Waals surface area contributed by atoms with Crippen molar-refractivity contribution in [3.8, 4) is 23.0 Å². The lowest BCUT2D eigenvalue weighted by molar-refractivity contribution is 0.0818. The normalized spacial score (nSPS) is 10.7. The maximum Gasteiger partial charge on any atom is 0.437 e. The first-order valence-corrected chi connectivity index (χ1v) is 22.1. The molecule has 0 radical (unpaired) electrons. The number of halogens is 2. The largest absolute Gasteiger partial charge is 0.489 e. The molecule has 4 N–H and O–H groups in total. The van der Waals surface area contributed by atoms with Gasteiger partial charge in [0.25, 0.3) is 17.7 Å². The van der Waals surface area contributed by atoms with Gasteiger partial charge in [0, 0.05) is 40.7 Å². The molecule has 0 bridgehead atoms. The van der Waals surface area contributed by atoms with E-state index in [0.717, 1.165) is 16.1 Å². The maximum atomic E-state index is 12.8. The van der Waals surface area contributed by atoms with Crippen LogP contribution < -0.4 is 36.6 Å². The van der Waals surface area contributed by atoms with Gasteiger partial charge in [0.15, 0.2) is 0 Å². The minimum atomic E-state index is -0.579. The van der Waals surface area contributed by atoms with Crippen LogP contribution in [0.25, 0.3) is 11.5 Å². The number of nitrogens with zero attached hydrogens (tertiary/aromatic N) is 3. The van der Waals surface area contributed by atoms with E-state index in [-0.39, 0.29) is 48.6 Å². The Morgan fingerprint density at radius 3 is 1.62 bits per heavy atom. The van der Waals surface area contributed by atoms with Crippen molar-refractivity contribution >= 4 is 58.3 Å². The van der Waals surface area contributed by atoms with Gasteiger partial charge in [-0.3, -0.25) is 19.8 Å². The number of carbonyl (C=O) groups excluding carboxylic acids is 4. The number of hydrogen-bond acceptors (Lipinski definition) is 9. The van der Waals surface area contributed by atoms with Crippen LogP contribution in [0, 0.1) is 0 Å². The molecule has 6 aromatic carbocycles. The Labute approximate surface area is 403 Å². The summed E-state index contributed by atoms with van der Waals surface area (Å²) in [4.78, 5) is 62.1. The quantitative estimate of drug-likeness (QED) is 0.0770. The van der Waals surface area contributed by atoms with Crippen molar-refractivity contribution in [3.63, 3.8) is 0 Å². The molecule has 68 heavy (non-hydrogen) atoms. The molecule has 0 unspecified atom stereocenters. The lowest BCUT2D eigenvalue weighted by Crippen LogP contribution is -2.49. The van der Waals surface area contributed by atoms with Gasteiger partial charge in [-0.05, 0) is 124 Å². The highest BCUT2D eigenvalue weighted by Gasteiger charge is 2.19. The van der Waals surface area contributed by atoms with Crippen LogP contribution in [0.4, 0.5) is 16.2 Å². The standard InChI is InChI=1S/C26H27ClN4O4.C25H22ClN3O4/c1-17(2)35-23-14-11-20(15-22(23)27)25(33)30-31(26(34)28-3)16-18-9-12-21(13-10-18)29-24(32)19-7-5-4-6-8-19;1-16(2)32-22-13-10-19(14-21(22)26)24-28-29(25(31)33-24)15-17-8-11-20(12-9-17)27-23(30)18-6-4-3-5-7-18/h4-15,17H,16H2,1-3H3,(H,28,34)(H,29,32)(H,30,33);3-14,16H,15H2,1-2H3,(H,27,30). The predicted molar refractivity (Wildman–Crippen MR) is 262 cm³/mol. The van der Waals surface area contributed by atoms with Gasteiger partial charge in [-0.1, -0.05) is 83.9 Å². The average Bonchev–Trinajstić information content (AvgIpc) is 3.70. The summed E-state index contributed by atoms with van der Waals surface area (Å²) in [7, 11) is 1.47. The van der Waals surface area contributed by atoms with Crippen molar-refractivity contribution in [2.75, 3.05) is 17.7 Å². The summed E-state index contributed by atoms with van der Waals surface area (Å²) in [6.07, 6.45) is -0.0718. The highest BCUT2D eigenvalue weighted by molar-refractivity contribution is 6.32. The number of nitrogens with one attached hydrogen (secondary N) is 4. The molecule has 350 valence electrons. The van der Waals surface area contributed by atoms with Gasteiger partial charge >= 0.3 is 11.8 Å². The van der Waals surface area contributed by atoms with Gasteiger partial charge in [0.2, 0.25) is 5.89 Å². The highest BCUT2D eigenvalue weighted by Crippen LogP contribution is 2.30. The van der Waals surface area contributed by atoms with E-state index < -0.39 is 17.7 Å². The van der Waals surface area contributed by atoms with Crippen LogP contribution in [0.5, 0.6) is 11.5 Å². The third kappa shape index (κ3) is 14.1. The van der Waals surface area contributed by atoms with E-state index in [1.807, 2.05) is 64.1 Å². The molecule has 1 aromatic heterocycles. The Morgan fingerprint density at radius 1 is 0.632 bits per heavy atom. The van der Waals surface area contributed by atoms with Crippen LogP contribution in [0.3, 0.4) is 0 Å². The van der Waals surface area contributed by atoms with Crippen LogP contribution >= 0.6 is 23.2 Å². The third-order valence-electron chi connectivity index (χ3n) is 9.57. The summed E-state index contributed by atoms with van der Waals surface area (Å²) in [5.41, 5.74) is 7.41. The predicted octanol–water partition coefficient (Wildman–Crippen LogP) is 10.1. The Bertz CT molecular complexity index is 2890. The molecule has 0 aliphatic heterocycles. The van der Waals surface area contributed by atoms with Crippen molar-refractivity contribution in [1.29, 1.82) is 0 Å². The zero-order valence-electron chi connectivity index (χ0n) is 37.8. The number of amides is 5. The Balaban J connectivity index is 0.000000224. The molecule has 15 nitrogen and oxygen atoms in total. The van der Waals surface area contributed by atoms with E-state index in [2.05, 4.69) is 26.5 Å². The van der Waals surface area contributed by atoms with E-state index in [9.17, 15) is 24.0 Å². The zero-order valence-corrected chi connectivity index (χ0v) is 39.3. The van der Waals surface area contributed by atoms with Gasteiger partial charge in [0.05, 0.1) is 35.3 Å². The first-order chi connectivity index (χ1) is 32.6. The lowest BCUT2D eigenvalue weighted by atomic mass is 10.1. The molecule has 5 amide bonds. The second-order valence-electron chi connectivity index (χ2n) is 15.6. The number of hydrogen-bond donors (Lipinski definition) is 4. The van der Waals surface area contributed by atoms with Crippen molar-refractivity contribution in [2.24, 2.45) is 0 Å². The molecule has 17 heteroatoms. The molecule has 0 aliphatic carbocycles. The van der Waals surface area contributed by atoms with Gasteiger partial charge < -0.3 is 29.8 Å². The third-order valence-corrected chi connectivity index (χ3v) is 10.2. The lowest BCUT2D eigenvalue weighted by Gasteiger charge is -2.23. The van der Waals surface area contributed by atoms with E-state index in [1.54, 1.807) is 103 Å². The molecule has 0 fully saturated rings. The topological polar surface area (TPSA) is 186 Å². The van der Waals surface area contributed by atoms with Gasteiger partial charge in [-0.25, -0.2) is 14.6 Å². The van der Waals surface area contributed by atoms with Gasteiger partial charge in [-0.2, -0.15) is 4.68 Å². The van der Waals surface area contributed by atoms with Gasteiger partial charge in [0.1, 0.15) is 11.5 Å². The van der Waals surface area contributed by atoms with E-state index in [0.29, 0.717) is 49.6 Å². The second-order valence-corrected chi connectivity index (χ2v) is 16.4. The molecule has 1 heterocycles. The molecule has 7 aromatic rings. The molecule has 0 saturated carbocycles. The monoisotopic (exact) mass is 957 g/mol. The van der Waals surface area contributed by atoms with Crippen molar-refractivity contribution in [3.05, 3.63) is 194 Å². The SMILES string of the molecule is CC(C)Oc1ccc(-c2nn(Cc3ccc(NC(=O)c4ccccc4)cc3)c(=O)o2)cc1Cl.CNC(=O)N(Cc1ccc(NC(=O)c2ccccc2)cc1)NC(=O)c1ccc(OC(C)C)c(Cl)c1. The molecule has 7 rings (SSSR count). The van der Waals surface area contributed by atoms with Crippen LogP contribution in [0.1, 0.15) is 69.9 Å². The van der Waals surface area contributed by atoms with Crippen molar-refractivity contribution < 1.29 is 33.1 Å². The number of aromatic nitrogens is 2. The summed E-state index contributed by atoms with van der Waals surface area (Å²) in [5.74, 6) is -0.295. The van der Waals surface area contributed by atoms with Crippen LogP contribution in [-0.2, 0) is 13.1 Å². The zero-order chi connectivity index (χ0) is 48.7. The van der Waals surface area contributed by atoms with Crippen LogP contribution in [-0.4, -0.2) is 57.8 Å². The number of rotatable bonds is 14. The summed E-state index contributed by atoms with van der Waals surface area (Å²) in [5, 5.41) is 14.3. The second kappa shape index (κ2) is 23.5. The Morgan fingerprint density at radius 2 is 1.13 bits per heavy atom. The summed E-state index contributed by atoms with van der Waals surface area (Å²) < 4.78 is 17.8. The average molecular weight is 959 g/mol. The minimum absolute atomic E-state index is 0.0106. The summed E-state index contributed by atoms with van der Waals surface area (Å²) in [6.45, 7) is 7.89. The number of ether oxygens (including phenoxy) is 2. The fraction of sp³-hybridized carbons (Fsp3) is 0.176. The van der Waals surface area contributed by atoms with Crippen LogP contribution in [0.15, 0.2) is 155 Å².